The van der Waals surface area contributed by atoms with E-state index >= 15 is 0 Å². The third-order valence-corrected chi connectivity index (χ3v) is 5.90. The van der Waals surface area contributed by atoms with Crippen molar-refractivity contribution in [1.82, 2.24) is 10.2 Å². The van der Waals surface area contributed by atoms with E-state index < -0.39 is 0 Å². The van der Waals surface area contributed by atoms with Crippen LogP contribution in [0.3, 0.4) is 0 Å². The molecule has 1 saturated carbocycles. The van der Waals surface area contributed by atoms with Crippen LogP contribution >= 0.6 is 12.4 Å². The Morgan fingerprint density at radius 2 is 1.86 bits per heavy atom. The number of amides is 1. The molecule has 2 saturated heterocycles. The van der Waals surface area contributed by atoms with Crippen LogP contribution in [-0.4, -0.2) is 36.5 Å². The van der Waals surface area contributed by atoms with Crippen LogP contribution in [0.2, 0.25) is 0 Å². The fourth-order valence-electron chi connectivity index (χ4n) is 4.31. The van der Waals surface area contributed by atoms with E-state index in [-0.39, 0.29) is 18.3 Å². The van der Waals surface area contributed by atoms with E-state index in [0.717, 1.165) is 25.6 Å². The molecule has 3 rings (SSSR count). The number of halogens is 1. The van der Waals surface area contributed by atoms with Gasteiger partial charge < -0.3 is 10.2 Å². The molecule has 0 spiro atoms. The molecule has 4 heteroatoms. The molecule has 0 aromatic heterocycles. The second kappa shape index (κ2) is 7.82. The van der Waals surface area contributed by atoms with Crippen molar-refractivity contribution in [2.24, 2.45) is 17.8 Å². The zero-order valence-electron chi connectivity index (χ0n) is 13.4. The lowest BCUT2D eigenvalue weighted by Crippen LogP contribution is -2.51. The van der Waals surface area contributed by atoms with Crippen LogP contribution in [0.15, 0.2) is 0 Å². The number of hydrogen-bond acceptors (Lipinski definition) is 2. The maximum absolute atomic E-state index is 12.7. The molecule has 2 heterocycles. The fourth-order valence-corrected chi connectivity index (χ4v) is 4.31. The molecule has 3 fully saturated rings. The molecule has 2 aliphatic heterocycles. The summed E-state index contributed by atoms with van der Waals surface area (Å²) in [5.74, 6) is 2.14. The number of rotatable bonds is 4. The summed E-state index contributed by atoms with van der Waals surface area (Å²) in [6.07, 6.45) is 10.8. The molecule has 2 unspecified atom stereocenters. The molecule has 1 N–H and O–H groups in total. The summed E-state index contributed by atoms with van der Waals surface area (Å²) in [5, 5.41) is 3.29. The van der Waals surface area contributed by atoms with E-state index in [1.807, 2.05) is 0 Å². The Balaban J connectivity index is 0.00000161. The molecule has 1 amide bonds. The Kier molecular flexibility index (Phi) is 6.36. The quantitative estimate of drug-likeness (QED) is 0.864. The van der Waals surface area contributed by atoms with Crippen molar-refractivity contribution in [2.45, 2.75) is 64.3 Å². The zero-order valence-corrected chi connectivity index (χ0v) is 14.2. The minimum Gasteiger partial charge on any atom is -0.339 e. The first-order valence-corrected chi connectivity index (χ1v) is 8.77. The maximum Gasteiger partial charge on any atom is 0.226 e. The highest BCUT2D eigenvalue weighted by molar-refractivity contribution is 5.85. The predicted molar refractivity (Wildman–Crippen MR) is 88.7 cm³/mol. The van der Waals surface area contributed by atoms with E-state index in [1.54, 1.807) is 0 Å². The fraction of sp³-hybridized carbons (Fsp3) is 0.941. The third kappa shape index (κ3) is 3.92. The Morgan fingerprint density at radius 1 is 1.14 bits per heavy atom. The highest BCUT2D eigenvalue weighted by Crippen LogP contribution is 2.33. The van der Waals surface area contributed by atoms with Gasteiger partial charge in [0.05, 0.1) is 0 Å². The van der Waals surface area contributed by atoms with Gasteiger partial charge in [-0.3, -0.25) is 4.79 Å². The van der Waals surface area contributed by atoms with Gasteiger partial charge in [0.25, 0.3) is 0 Å². The molecule has 3 nitrogen and oxygen atoms in total. The van der Waals surface area contributed by atoms with E-state index in [1.165, 1.54) is 51.4 Å². The smallest absolute Gasteiger partial charge is 0.226 e. The number of carbonyl (C=O) groups excluding carboxylic acids is 1. The Bertz CT molecular complexity index is 340. The van der Waals surface area contributed by atoms with Crippen LogP contribution in [0, 0.1) is 17.8 Å². The molecule has 0 bridgehead atoms. The number of nitrogens with one attached hydrogen (secondary N) is 1. The van der Waals surface area contributed by atoms with Crippen LogP contribution in [0.1, 0.15) is 58.3 Å². The summed E-state index contributed by atoms with van der Waals surface area (Å²) in [6, 6.07) is 0.557. The van der Waals surface area contributed by atoms with Gasteiger partial charge in [-0.05, 0) is 44.2 Å². The van der Waals surface area contributed by atoms with Gasteiger partial charge in [0.15, 0.2) is 0 Å². The van der Waals surface area contributed by atoms with E-state index in [0.29, 0.717) is 17.9 Å². The van der Waals surface area contributed by atoms with E-state index in [9.17, 15) is 4.79 Å². The Morgan fingerprint density at radius 3 is 2.48 bits per heavy atom. The predicted octanol–water partition coefficient (Wildman–Crippen LogP) is 3.23. The van der Waals surface area contributed by atoms with E-state index in [4.69, 9.17) is 0 Å². The SMILES string of the molecule is CC(C(=O)N1CCCC1CC1CCCCC1)C1CNC1.Cl. The third-order valence-electron chi connectivity index (χ3n) is 5.90. The van der Waals surface area contributed by atoms with Gasteiger partial charge in [0.1, 0.15) is 0 Å². The second-order valence-corrected chi connectivity index (χ2v) is 7.27. The van der Waals surface area contributed by atoms with Gasteiger partial charge in [-0.25, -0.2) is 0 Å². The molecule has 0 aromatic carbocycles. The first kappa shape index (κ1) is 17.1. The van der Waals surface area contributed by atoms with Crippen LogP contribution in [0.4, 0.5) is 0 Å². The topological polar surface area (TPSA) is 32.3 Å². The van der Waals surface area contributed by atoms with Crippen molar-refractivity contribution < 1.29 is 4.79 Å². The summed E-state index contributed by atoms with van der Waals surface area (Å²) in [7, 11) is 0. The van der Waals surface area contributed by atoms with Gasteiger partial charge in [0.2, 0.25) is 5.91 Å². The highest BCUT2D eigenvalue weighted by Gasteiger charge is 2.37. The summed E-state index contributed by atoms with van der Waals surface area (Å²) in [6.45, 7) is 5.23. The van der Waals surface area contributed by atoms with Crippen molar-refractivity contribution in [1.29, 1.82) is 0 Å². The van der Waals surface area contributed by atoms with E-state index in [2.05, 4.69) is 17.1 Å². The Hall–Kier alpha value is -0.280. The van der Waals surface area contributed by atoms with Gasteiger partial charge in [-0.1, -0.05) is 39.0 Å². The van der Waals surface area contributed by atoms with Crippen LogP contribution in [0.5, 0.6) is 0 Å². The highest BCUT2D eigenvalue weighted by atomic mass is 35.5. The van der Waals surface area contributed by atoms with Crippen molar-refractivity contribution in [3.63, 3.8) is 0 Å². The average Bonchev–Trinajstić information content (AvgIpc) is 2.85. The lowest BCUT2D eigenvalue weighted by molar-refractivity contribution is -0.138. The van der Waals surface area contributed by atoms with Crippen LogP contribution < -0.4 is 5.32 Å². The van der Waals surface area contributed by atoms with Crippen LogP contribution in [-0.2, 0) is 4.79 Å². The molecule has 2 atom stereocenters. The van der Waals surface area contributed by atoms with Gasteiger partial charge in [-0.15, -0.1) is 12.4 Å². The summed E-state index contributed by atoms with van der Waals surface area (Å²) < 4.78 is 0. The standard InChI is InChI=1S/C17H30N2O.ClH/c1-13(15-11-18-12-15)17(20)19-9-5-8-16(19)10-14-6-3-2-4-7-14;/h13-16,18H,2-12H2,1H3;1H. The normalized spacial score (nSPS) is 28.8. The van der Waals surface area contributed by atoms with Gasteiger partial charge >= 0.3 is 0 Å². The molecule has 122 valence electrons. The first-order valence-electron chi connectivity index (χ1n) is 8.77. The minimum atomic E-state index is 0. The lowest BCUT2D eigenvalue weighted by Gasteiger charge is -2.36. The molecule has 1 aliphatic carbocycles. The lowest BCUT2D eigenvalue weighted by atomic mass is 9.83. The molecule has 21 heavy (non-hydrogen) atoms. The monoisotopic (exact) mass is 314 g/mol. The molecule has 3 aliphatic rings. The molecule has 0 aromatic rings. The molecular formula is C17H31ClN2O. The number of carbonyl (C=O) groups is 1. The molecular weight excluding hydrogens is 284 g/mol. The molecule has 0 radical (unpaired) electrons. The van der Waals surface area contributed by atoms with Gasteiger partial charge in [0, 0.05) is 18.5 Å². The van der Waals surface area contributed by atoms with Crippen molar-refractivity contribution in [3.8, 4) is 0 Å². The number of nitrogens with zero attached hydrogens (tertiary/aromatic N) is 1. The summed E-state index contributed by atoms with van der Waals surface area (Å²) >= 11 is 0. The van der Waals surface area contributed by atoms with Crippen LogP contribution in [0.25, 0.3) is 0 Å². The van der Waals surface area contributed by atoms with Crippen molar-refractivity contribution in [2.75, 3.05) is 19.6 Å². The van der Waals surface area contributed by atoms with Crippen molar-refractivity contribution in [3.05, 3.63) is 0 Å². The van der Waals surface area contributed by atoms with Crippen molar-refractivity contribution >= 4 is 18.3 Å². The number of hydrogen-bond donors (Lipinski definition) is 1. The summed E-state index contributed by atoms with van der Waals surface area (Å²) in [5.41, 5.74) is 0. The first-order chi connectivity index (χ1) is 9.75. The minimum absolute atomic E-state index is 0. The average molecular weight is 315 g/mol. The largest absolute Gasteiger partial charge is 0.339 e. The summed E-state index contributed by atoms with van der Waals surface area (Å²) in [4.78, 5) is 15.0. The van der Waals surface area contributed by atoms with Gasteiger partial charge in [-0.2, -0.15) is 0 Å². The second-order valence-electron chi connectivity index (χ2n) is 7.27. The number of likely N-dealkylation sites (tertiary alicyclic amines) is 1. The maximum atomic E-state index is 12.7. The Labute approximate surface area is 135 Å². The zero-order chi connectivity index (χ0) is 13.9.